The predicted octanol–water partition coefficient (Wildman–Crippen LogP) is 1.66. The summed E-state index contributed by atoms with van der Waals surface area (Å²) in [5, 5.41) is 9.34. The average molecular weight is 252 g/mol. The molecule has 1 rings (SSSR count). The van der Waals surface area contributed by atoms with E-state index in [4.69, 9.17) is 10.5 Å². The monoisotopic (exact) mass is 251 g/mol. The van der Waals surface area contributed by atoms with Gasteiger partial charge in [-0.3, -0.25) is 4.79 Å². The molecule has 2 atom stereocenters. The molecule has 0 aromatic rings. The molecule has 0 amide bonds. The van der Waals surface area contributed by atoms with Gasteiger partial charge in [-0.2, -0.15) is 0 Å². The molecule has 0 spiro atoms. The Balaban J connectivity index is 0.00000225. The van der Waals surface area contributed by atoms with Crippen molar-refractivity contribution >= 4 is 18.4 Å². The van der Waals surface area contributed by atoms with E-state index >= 15 is 0 Å². The minimum absolute atomic E-state index is 0. The van der Waals surface area contributed by atoms with Crippen molar-refractivity contribution in [3.8, 4) is 0 Å². The number of hydrogen-bond donors (Lipinski definition) is 2. The van der Waals surface area contributed by atoms with Gasteiger partial charge in [0, 0.05) is 20.3 Å². The Bertz CT molecular complexity index is 225. The van der Waals surface area contributed by atoms with E-state index in [9.17, 15) is 9.90 Å². The first-order valence-electron chi connectivity index (χ1n) is 5.60. The predicted molar refractivity (Wildman–Crippen MR) is 64.8 cm³/mol. The van der Waals surface area contributed by atoms with Crippen molar-refractivity contribution in [3.05, 3.63) is 0 Å². The maximum atomic E-state index is 11.4. The van der Waals surface area contributed by atoms with Crippen molar-refractivity contribution in [1.29, 1.82) is 0 Å². The largest absolute Gasteiger partial charge is 0.481 e. The van der Waals surface area contributed by atoms with E-state index in [2.05, 4.69) is 0 Å². The Hall–Kier alpha value is -0.320. The lowest BCUT2D eigenvalue weighted by Crippen LogP contribution is -2.47. The fraction of sp³-hybridized carbons (Fsp3) is 0.909. The highest BCUT2D eigenvalue weighted by Gasteiger charge is 2.45. The lowest BCUT2D eigenvalue weighted by molar-refractivity contribution is -0.154. The molecule has 1 saturated carbocycles. The van der Waals surface area contributed by atoms with Gasteiger partial charge in [0.15, 0.2) is 0 Å². The smallest absolute Gasteiger partial charge is 0.311 e. The van der Waals surface area contributed by atoms with Crippen LogP contribution in [0.15, 0.2) is 0 Å². The van der Waals surface area contributed by atoms with Gasteiger partial charge in [0.05, 0.1) is 5.41 Å². The zero-order chi connectivity index (χ0) is 11.3. The lowest BCUT2D eigenvalue weighted by Gasteiger charge is -2.40. The number of aliphatic carboxylic acids is 1. The van der Waals surface area contributed by atoms with Crippen LogP contribution in [0.25, 0.3) is 0 Å². The van der Waals surface area contributed by atoms with Crippen LogP contribution in [-0.4, -0.2) is 31.3 Å². The Morgan fingerprint density at radius 3 is 2.75 bits per heavy atom. The molecule has 0 bridgehead atoms. The third-order valence-corrected chi connectivity index (χ3v) is 3.67. The van der Waals surface area contributed by atoms with Crippen LogP contribution in [-0.2, 0) is 9.53 Å². The molecular formula is C11H22ClNO3. The van der Waals surface area contributed by atoms with Gasteiger partial charge in [-0.15, -0.1) is 12.4 Å². The van der Waals surface area contributed by atoms with E-state index in [1.807, 2.05) is 0 Å². The third kappa shape index (κ3) is 3.09. The number of methoxy groups -OCH3 is 1. The first kappa shape index (κ1) is 15.7. The van der Waals surface area contributed by atoms with E-state index in [0.717, 1.165) is 25.7 Å². The number of ether oxygens (including phenoxy) is 1. The molecule has 3 N–H and O–H groups in total. The number of halogens is 1. The summed E-state index contributed by atoms with van der Waals surface area (Å²) in [6.45, 7) is 0.871. The third-order valence-electron chi connectivity index (χ3n) is 3.67. The average Bonchev–Trinajstić information content (AvgIpc) is 2.26. The maximum Gasteiger partial charge on any atom is 0.311 e. The number of carbonyl (C=O) groups is 1. The standard InChI is InChI=1S/C11H21NO3.ClH/c1-15-7-5-9-4-2-3-6-11(9,8-12)10(13)14;/h9H,2-8,12H2,1H3,(H,13,14);1H/t9-,11-;/m0./s1. The lowest BCUT2D eigenvalue weighted by atomic mass is 9.65. The van der Waals surface area contributed by atoms with Crippen molar-refractivity contribution in [3.63, 3.8) is 0 Å². The number of carboxylic acid groups (broad SMARTS) is 1. The molecular weight excluding hydrogens is 230 g/mol. The Morgan fingerprint density at radius 1 is 1.56 bits per heavy atom. The van der Waals surface area contributed by atoms with E-state index < -0.39 is 11.4 Å². The van der Waals surface area contributed by atoms with Gasteiger partial charge in [0.25, 0.3) is 0 Å². The van der Waals surface area contributed by atoms with Crippen LogP contribution in [0.4, 0.5) is 0 Å². The summed E-state index contributed by atoms with van der Waals surface area (Å²) in [5.74, 6) is -0.556. The van der Waals surface area contributed by atoms with Gasteiger partial charge < -0.3 is 15.6 Å². The molecule has 4 nitrogen and oxygen atoms in total. The Morgan fingerprint density at radius 2 is 2.25 bits per heavy atom. The molecule has 0 aromatic carbocycles. The number of nitrogens with two attached hydrogens (primary N) is 1. The van der Waals surface area contributed by atoms with Gasteiger partial charge in [0.1, 0.15) is 0 Å². The first-order valence-corrected chi connectivity index (χ1v) is 5.60. The number of hydrogen-bond acceptors (Lipinski definition) is 3. The van der Waals surface area contributed by atoms with Crippen LogP contribution >= 0.6 is 12.4 Å². The van der Waals surface area contributed by atoms with E-state index in [-0.39, 0.29) is 24.9 Å². The highest BCUT2D eigenvalue weighted by molar-refractivity contribution is 5.85. The van der Waals surface area contributed by atoms with Crippen molar-refractivity contribution in [2.75, 3.05) is 20.3 Å². The van der Waals surface area contributed by atoms with Crippen LogP contribution in [0.3, 0.4) is 0 Å². The van der Waals surface area contributed by atoms with Gasteiger partial charge in [-0.05, 0) is 25.2 Å². The van der Waals surface area contributed by atoms with Gasteiger partial charge >= 0.3 is 5.97 Å². The zero-order valence-electron chi connectivity index (χ0n) is 9.78. The second-order valence-electron chi connectivity index (χ2n) is 4.39. The van der Waals surface area contributed by atoms with Crippen molar-refractivity contribution in [1.82, 2.24) is 0 Å². The molecule has 1 aliphatic carbocycles. The van der Waals surface area contributed by atoms with Crippen LogP contribution in [0.5, 0.6) is 0 Å². The molecule has 0 saturated heterocycles. The molecule has 1 fully saturated rings. The summed E-state index contributed by atoms with van der Waals surface area (Å²) >= 11 is 0. The minimum atomic E-state index is -0.731. The van der Waals surface area contributed by atoms with E-state index in [0.29, 0.717) is 13.0 Å². The molecule has 1 aliphatic rings. The van der Waals surface area contributed by atoms with Crippen molar-refractivity contribution in [2.24, 2.45) is 17.1 Å². The second kappa shape index (κ2) is 7.09. The Kier molecular flexibility index (Phi) is 6.95. The van der Waals surface area contributed by atoms with E-state index in [1.54, 1.807) is 7.11 Å². The Labute approximate surface area is 103 Å². The van der Waals surface area contributed by atoms with Crippen LogP contribution < -0.4 is 5.73 Å². The maximum absolute atomic E-state index is 11.4. The highest BCUT2D eigenvalue weighted by Crippen LogP contribution is 2.42. The molecule has 0 aromatic heterocycles. The summed E-state index contributed by atoms with van der Waals surface area (Å²) < 4.78 is 5.03. The molecule has 5 heteroatoms. The SMILES string of the molecule is COCC[C@@H]1CCCC[C@@]1(CN)C(=O)O.Cl. The van der Waals surface area contributed by atoms with Crippen LogP contribution in [0.2, 0.25) is 0 Å². The first-order chi connectivity index (χ1) is 7.17. The highest BCUT2D eigenvalue weighted by atomic mass is 35.5. The number of carboxylic acids is 1. The van der Waals surface area contributed by atoms with Gasteiger partial charge in [-0.25, -0.2) is 0 Å². The quantitative estimate of drug-likeness (QED) is 0.780. The molecule has 16 heavy (non-hydrogen) atoms. The summed E-state index contributed by atoms with van der Waals surface area (Å²) in [4.78, 5) is 11.4. The molecule has 0 heterocycles. The molecule has 0 unspecified atom stereocenters. The zero-order valence-corrected chi connectivity index (χ0v) is 10.6. The molecule has 96 valence electrons. The molecule has 0 aliphatic heterocycles. The normalized spacial score (nSPS) is 29.5. The van der Waals surface area contributed by atoms with Crippen LogP contribution in [0.1, 0.15) is 32.1 Å². The van der Waals surface area contributed by atoms with E-state index in [1.165, 1.54) is 0 Å². The second-order valence-corrected chi connectivity index (χ2v) is 4.39. The number of rotatable bonds is 5. The van der Waals surface area contributed by atoms with Crippen molar-refractivity contribution in [2.45, 2.75) is 32.1 Å². The van der Waals surface area contributed by atoms with Crippen molar-refractivity contribution < 1.29 is 14.6 Å². The fourth-order valence-corrected chi connectivity index (χ4v) is 2.63. The summed E-state index contributed by atoms with van der Waals surface area (Å²) in [6, 6.07) is 0. The van der Waals surface area contributed by atoms with Crippen LogP contribution in [0, 0.1) is 11.3 Å². The topological polar surface area (TPSA) is 72.5 Å². The molecule has 0 radical (unpaired) electrons. The summed E-state index contributed by atoms with van der Waals surface area (Å²) in [7, 11) is 1.65. The van der Waals surface area contributed by atoms with Gasteiger partial charge in [0.2, 0.25) is 0 Å². The van der Waals surface area contributed by atoms with Gasteiger partial charge in [-0.1, -0.05) is 12.8 Å². The summed E-state index contributed by atoms with van der Waals surface area (Å²) in [6.07, 6.45) is 4.58. The summed E-state index contributed by atoms with van der Waals surface area (Å²) in [5.41, 5.74) is 4.98. The fourth-order valence-electron chi connectivity index (χ4n) is 2.63. The minimum Gasteiger partial charge on any atom is -0.481 e.